The molecule has 0 saturated heterocycles. The van der Waals surface area contributed by atoms with Gasteiger partial charge in [-0.1, -0.05) is 0 Å². The summed E-state index contributed by atoms with van der Waals surface area (Å²) in [7, 11) is 1.46. The van der Waals surface area contributed by atoms with Gasteiger partial charge in [0.25, 0.3) is 0 Å². The first-order valence-corrected chi connectivity index (χ1v) is 5.17. The molecule has 0 radical (unpaired) electrons. The van der Waals surface area contributed by atoms with E-state index in [-0.39, 0.29) is 0 Å². The number of methoxy groups -OCH3 is 1. The molecule has 2 N–H and O–H groups in total. The Morgan fingerprint density at radius 2 is 1.78 bits per heavy atom. The summed E-state index contributed by atoms with van der Waals surface area (Å²) in [4.78, 5) is 7.79. The number of ether oxygens (including phenoxy) is 1. The lowest BCUT2D eigenvalue weighted by Crippen LogP contribution is -2.14. The van der Waals surface area contributed by atoms with Gasteiger partial charge in [-0.15, -0.1) is 0 Å². The third-order valence-corrected chi connectivity index (χ3v) is 2.43. The molecule has 94 valence electrons. The van der Waals surface area contributed by atoms with Gasteiger partial charge in [0.05, 0.1) is 18.8 Å². The molecule has 6 heteroatoms. The van der Waals surface area contributed by atoms with Gasteiger partial charge < -0.3 is 10.5 Å². The van der Waals surface area contributed by atoms with Crippen molar-refractivity contribution in [2.75, 3.05) is 7.11 Å². The Labute approximate surface area is 102 Å². The second kappa shape index (κ2) is 5.05. The van der Waals surface area contributed by atoms with Crippen LogP contribution in [0.5, 0.6) is 5.88 Å². The zero-order valence-corrected chi connectivity index (χ0v) is 9.60. The van der Waals surface area contributed by atoms with Gasteiger partial charge in [0, 0.05) is 12.1 Å². The molecule has 2 rings (SSSR count). The van der Waals surface area contributed by atoms with E-state index in [0.29, 0.717) is 17.1 Å². The second-order valence-corrected chi connectivity index (χ2v) is 3.67. The average molecular weight is 251 g/mol. The highest BCUT2D eigenvalue weighted by Gasteiger charge is 2.13. The molecule has 0 aliphatic rings. The van der Waals surface area contributed by atoms with E-state index in [9.17, 15) is 8.78 Å². The van der Waals surface area contributed by atoms with Crippen molar-refractivity contribution in [1.82, 2.24) is 9.97 Å². The first-order chi connectivity index (χ1) is 8.60. The molecule has 0 aliphatic heterocycles. The number of nitrogens with zero attached hydrogens (tertiary/aromatic N) is 2. The quantitative estimate of drug-likeness (QED) is 0.903. The van der Waals surface area contributed by atoms with Crippen LogP contribution in [0.4, 0.5) is 8.78 Å². The number of hydrogen-bond donors (Lipinski definition) is 1. The maximum absolute atomic E-state index is 13.1. The molecule has 0 aliphatic carbocycles. The molecule has 0 spiro atoms. The molecule has 0 bridgehead atoms. The van der Waals surface area contributed by atoms with Crippen LogP contribution < -0.4 is 10.5 Å². The Hall–Kier alpha value is -2.08. The average Bonchev–Trinajstić information content (AvgIpc) is 2.37. The van der Waals surface area contributed by atoms with Crippen molar-refractivity contribution in [3.63, 3.8) is 0 Å². The van der Waals surface area contributed by atoms with E-state index < -0.39 is 17.7 Å². The van der Waals surface area contributed by atoms with Gasteiger partial charge in [-0.25, -0.2) is 18.7 Å². The van der Waals surface area contributed by atoms with Gasteiger partial charge in [-0.05, 0) is 17.7 Å². The maximum atomic E-state index is 13.1. The molecule has 18 heavy (non-hydrogen) atoms. The third-order valence-electron chi connectivity index (χ3n) is 2.43. The number of nitrogens with two attached hydrogens (primary N) is 1. The topological polar surface area (TPSA) is 61.0 Å². The summed E-state index contributed by atoms with van der Waals surface area (Å²) in [6.45, 7) is 0. The SMILES string of the molecule is COc1cc(C(N)c2cc(F)cc(F)c2)ncn1. The number of hydrogen-bond acceptors (Lipinski definition) is 4. The summed E-state index contributed by atoms with van der Waals surface area (Å²) in [6, 6.07) is 3.90. The van der Waals surface area contributed by atoms with Crippen molar-refractivity contribution in [3.05, 3.63) is 53.5 Å². The number of rotatable bonds is 3. The molecule has 1 aromatic heterocycles. The Kier molecular flexibility index (Phi) is 3.47. The van der Waals surface area contributed by atoms with E-state index in [1.807, 2.05) is 0 Å². The Balaban J connectivity index is 2.37. The van der Waals surface area contributed by atoms with E-state index in [1.165, 1.54) is 31.6 Å². The van der Waals surface area contributed by atoms with Crippen LogP contribution in [-0.2, 0) is 0 Å². The first kappa shape index (κ1) is 12.4. The summed E-state index contributed by atoms with van der Waals surface area (Å²) in [6.07, 6.45) is 1.28. The van der Waals surface area contributed by atoms with Crippen molar-refractivity contribution < 1.29 is 13.5 Å². The zero-order chi connectivity index (χ0) is 13.1. The van der Waals surface area contributed by atoms with Gasteiger partial charge in [-0.2, -0.15) is 0 Å². The minimum Gasteiger partial charge on any atom is -0.481 e. The van der Waals surface area contributed by atoms with Gasteiger partial charge in [0.1, 0.15) is 18.0 Å². The van der Waals surface area contributed by atoms with Crippen molar-refractivity contribution in [1.29, 1.82) is 0 Å². The molecule has 0 amide bonds. The Bertz CT molecular complexity index is 543. The fourth-order valence-corrected chi connectivity index (χ4v) is 1.56. The summed E-state index contributed by atoms with van der Waals surface area (Å²) in [5.41, 5.74) is 6.62. The molecule has 0 saturated carbocycles. The standard InChI is InChI=1S/C12H11F2N3O/c1-18-11-5-10(16-6-17-11)12(15)7-2-8(13)4-9(14)3-7/h2-6,12H,15H2,1H3. The Morgan fingerprint density at radius 1 is 1.11 bits per heavy atom. The van der Waals surface area contributed by atoms with Crippen molar-refractivity contribution in [2.24, 2.45) is 5.73 Å². The molecule has 1 aromatic carbocycles. The number of aromatic nitrogens is 2. The van der Waals surface area contributed by atoms with Crippen molar-refractivity contribution in [2.45, 2.75) is 6.04 Å². The van der Waals surface area contributed by atoms with E-state index >= 15 is 0 Å². The zero-order valence-electron chi connectivity index (χ0n) is 9.60. The lowest BCUT2D eigenvalue weighted by Gasteiger charge is -2.12. The molecule has 0 fully saturated rings. The number of halogens is 2. The van der Waals surface area contributed by atoms with E-state index in [0.717, 1.165) is 6.07 Å². The summed E-state index contributed by atoms with van der Waals surface area (Å²) >= 11 is 0. The van der Waals surface area contributed by atoms with Crippen LogP contribution in [0.1, 0.15) is 17.3 Å². The van der Waals surface area contributed by atoms with Crippen LogP contribution in [0.2, 0.25) is 0 Å². The fraction of sp³-hybridized carbons (Fsp3) is 0.167. The normalized spacial score (nSPS) is 12.2. The monoisotopic (exact) mass is 251 g/mol. The lowest BCUT2D eigenvalue weighted by molar-refractivity contribution is 0.395. The van der Waals surface area contributed by atoms with Gasteiger partial charge in [0.15, 0.2) is 0 Å². The van der Waals surface area contributed by atoms with Crippen molar-refractivity contribution in [3.8, 4) is 5.88 Å². The third kappa shape index (κ3) is 2.60. The highest BCUT2D eigenvalue weighted by molar-refractivity contribution is 5.29. The van der Waals surface area contributed by atoms with Crippen LogP contribution >= 0.6 is 0 Å². The molecule has 4 nitrogen and oxygen atoms in total. The Morgan fingerprint density at radius 3 is 2.39 bits per heavy atom. The van der Waals surface area contributed by atoms with Crippen LogP contribution in [0.15, 0.2) is 30.6 Å². The van der Waals surface area contributed by atoms with Gasteiger partial charge in [0.2, 0.25) is 5.88 Å². The number of benzene rings is 1. The smallest absolute Gasteiger partial charge is 0.216 e. The predicted octanol–water partition coefficient (Wildman–Crippen LogP) is 1.81. The summed E-state index contributed by atoms with van der Waals surface area (Å²) in [5, 5.41) is 0. The van der Waals surface area contributed by atoms with E-state index in [1.54, 1.807) is 0 Å². The molecule has 1 atom stereocenters. The van der Waals surface area contributed by atoms with Crippen LogP contribution in [0, 0.1) is 11.6 Å². The molecule has 1 unspecified atom stereocenters. The highest BCUT2D eigenvalue weighted by Crippen LogP contribution is 2.21. The minimum atomic E-state index is -0.743. The summed E-state index contributed by atoms with van der Waals surface area (Å²) in [5.74, 6) is -1.02. The minimum absolute atomic E-state index is 0.299. The largest absolute Gasteiger partial charge is 0.481 e. The fourth-order valence-electron chi connectivity index (χ4n) is 1.56. The molecular formula is C12H11F2N3O. The second-order valence-electron chi connectivity index (χ2n) is 3.67. The molecule has 1 heterocycles. The van der Waals surface area contributed by atoms with Crippen LogP contribution in [-0.4, -0.2) is 17.1 Å². The van der Waals surface area contributed by atoms with Crippen molar-refractivity contribution >= 4 is 0 Å². The predicted molar refractivity (Wildman–Crippen MR) is 61.0 cm³/mol. The first-order valence-electron chi connectivity index (χ1n) is 5.17. The van der Waals surface area contributed by atoms with E-state index in [2.05, 4.69) is 9.97 Å². The lowest BCUT2D eigenvalue weighted by atomic mass is 10.0. The van der Waals surface area contributed by atoms with E-state index in [4.69, 9.17) is 10.5 Å². The molecular weight excluding hydrogens is 240 g/mol. The summed E-state index contributed by atoms with van der Waals surface area (Å²) < 4.78 is 31.1. The van der Waals surface area contributed by atoms with Crippen LogP contribution in [0.25, 0.3) is 0 Å². The van der Waals surface area contributed by atoms with Gasteiger partial charge >= 0.3 is 0 Å². The highest BCUT2D eigenvalue weighted by atomic mass is 19.1. The molecule has 2 aromatic rings. The van der Waals surface area contributed by atoms with Crippen LogP contribution in [0.3, 0.4) is 0 Å². The van der Waals surface area contributed by atoms with Gasteiger partial charge in [-0.3, -0.25) is 0 Å². The maximum Gasteiger partial charge on any atom is 0.216 e.